The molecule has 1 saturated heterocycles. The van der Waals surface area contributed by atoms with Crippen molar-refractivity contribution in [3.05, 3.63) is 68.5 Å². The summed E-state index contributed by atoms with van der Waals surface area (Å²) in [5.41, 5.74) is 1.08. The third kappa shape index (κ3) is 3.32. The molecule has 2 aliphatic heterocycles. The van der Waals surface area contributed by atoms with Crippen LogP contribution in [0.5, 0.6) is 11.5 Å². The van der Waals surface area contributed by atoms with Crippen LogP contribution < -0.4 is 14.9 Å². The van der Waals surface area contributed by atoms with Gasteiger partial charge in [0.25, 0.3) is 5.91 Å². The monoisotopic (exact) mass is 455 g/mol. The third-order valence-electron chi connectivity index (χ3n) is 6.08. The zero-order valence-corrected chi connectivity index (χ0v) is 18.5. The second-order valence-electron chi connectivity index (χ2n) is 7.92. The topological polar surface area (TPSA) is 78.2 Å². The van der Waals surface area contributed by atoms with E-state index in [1.54, 1.807) is 49.5 Å². The van der Waals surface area contributed by atoms with Gasteiger partial charge in [-0.2, -0.15) is 0 Å². The van der Waals surface area contributed by atoms with E-state index in [1.165, 1.54) is 0 Å². The molecule has 0 N–H and O–H groups in total. The number of carbonyl (C=O) groups is 1. The van der Waals surface area contributed by atoms with Crippen LogP contribution in [-0.4, -0.2) is 44.3 Å². The zero-order chi connectivity index (χ0) is 22.4. The van der Waals surface area contributed by atoms with Crippen LogP contribution >= 0.6 is 11.6 Å². The normalized spacial score (nSPS) is 20.1. The molecule has 32 heavy (non-hydrogen) atoms. The van der Waals surface area contributed by atoms with Gasteiger partial charge in [-0.05, 0) is 48.7 Å². The van der Waals surface area contributed by atoms with Gasteiger partial charge in [-0.15, -0.1) is 0 Å². The number of benzene rings is 2. The first-order chi connectivity index (χ1) is 15.5. The maximum atomic E-state index is 13.6. The van der Waals surface area contributed by atoms with Crippen LogP contribution in [0.3, 0.4) is 0 Å². The number of methoxy groups -OCH3 is 2. The van der Waals surface area contributed by atoms with Gasteiger partial charge in [-0.3, -0.25) is 9.59 Å². The first-order valence-electron chi connectivity index (χ1n) is 10.4. The Morgan fingerprint density at radius 3 is 2.62 bits per heavy atom. The van der Waals surface area contributed by atoms with Crippen LogP contribution in [0.4, 0.5) is 0 Å². The molecule has 0 unspecified atom stereocenters. The van der Waals surface area contributed by atoms with Crippen molar-refractivity contribution in [3.63, 3.8) is 0 Å². The van der Waals surface area contributed by atoms with Crippen LogP contribution in [-0.2, 0) is 4.74 Å². The molecule has 1 amide bonds. The van der Waals surface area contributed by atoms with E-state index >= 15 is 0 Å². The van der Waals surface area contributed by atoms with Crippen molar-refractivity contribution in [2.24, 2.45) is 0 Å². The molecule has 3 heterocycles. The molecule has 8 heteroatoms. The molecule has 2 aromatic carbocycles. The number of amides is 1. The van der Waals surface area contributed by atoms with E-state index < -0.39 is 6.04 Å². The Morgan fingerprint density at radius 1 is 1.09 bits per heavy atom. The maximum Gasteiger partial charge on any atom is 0.291 e. The molecule has 0 spiro atoms. The van der Waals surface area contributed by atoms with E-state index in [0.29, 0.717) is 46.2 Å². The van der Waals surface area contributed by atoms with E-state index in [0.717, 1.165) is 18.4 Å². The summed E-state index contributed by atoms with van der Waals surface area (Å²) in [6.07, 6.45) is 1.72. The lowest BCUT2D eigenvalue weighted by Crippen LogP contribution is -2.36. The molecular formula is C24H22ClNO6. The van der Waals surface area contributed by atoms with Crippen molar-refractivity contribution < 1.29 is 23.4 Å². The highest BCUT2D eigenvalue weighted by Gasteiger charge is 2.44. The lowest BCUT2D eigenvalue weighted by atomic mass is 9.97. The highest BCUT2D eigenvalue weighted by Crippen LogP contribution is 2.41. The Hall–Kier alpha value is -3.03. The fourth-order valence-corrected chi connectivity index (χ4v) is 4.73. The fraction of sp³-hybridized carbons (Fsp3) is 0.333. The minimum atomic E-state index is -0.638. The van der Waals surface area contributed by atoms with E-state index in [4.69, 9.17) is 30.2 Å². The van der Waals surface area contributed by atoms with Crippen LogP contribution in [0.15, 0.2) is 45.6 Å². The van der Waals surface area contributed by atoms with E-state index in [1.807, 2.05) is 6.07 Å². The number of hydrogen-bond donors (Lipinski definition) is 0. The first-order valence-corrected chi connectivity index (χ1v) is 10.8. The number of carbonyl (C=O) groups excluding carboxylic acids is 1. The van der Waals surface area contributed by atoms with Crippen molar-refractivity contribution in [1.29, 1.82) is 0 Å². The van der Waals surface area contributed by atoms with Gasteiger partial charge in [0.2, 0.25) is 5.76 Å². The number of fused-ring (bicyclic) bond motifs is 2. The average Bonchev–Trinajstić information content (AvgIpc) is 3.41. The summed E-state index contributed by atoms with van der Waals surface area (Å²) in [5.74, 6) is 0.798. The van der Waals surface area contributed by atoms with Crippen molar-refractivity contribution in [1.82, 2.24) is 4.90 Å². The predicted octanol–water partition coefficient (Wildman–Crippen LogP) is 4.19. The predicted molar refractivity (Wildman–Crippen MR) is 119 cm³/mol. The summed E-state index contributed by atoms with van der Waals surface area (Å²) in [4.78, 5) is 28.7. The van der Waals surface area contributed by atoms with Gasteiger partial charge < -0.3 is 23.5 Å². The lowest BCUT2D eigenvalue weighted by Gasteiger charge is -2.27. The summed E-state index contributed by atoms with van der Waals surface area (Å²) in [7, 11) is 3.10. The number of nitrogens with zero attached hydrogens (tertiary/aromatic N) is 1. The Morgan fingerprint density at radius 2 is 1.91 bits per heavy atom. The van der Waals surface area contributed by atoms with Crippen LogP contribution in [0.1, 0.15) is 40.6 Å². The van der Waals surface area contributed by atoms with Crippen molar-refractivity contribution in [2.45, 2.75) is 25.0 Å². The largest absolute Gasteiger partial charge is 0.493 e. The van der Waals surface area contributed by atoms with Gasteiger partial charge in [0.1, 0.15) is 5.58 Å². The molecule has 1 fully saturated rings. The molecular weight excluding hydrogens is 434 g/mol. The van der Waals surface area contributed by atoms with Crippen LogP contribution in [0.25, 0.3) is 11.0 Å². The van der Waals surface area contributed by atoms with Gasteiger partial charge in [-0.1, -0.05) is 17.7 Å². The molecule has 0 saturated carbocycles. The molecule has 2 atom stereocenters. The minimum Gasteiger partial charge on any atom is -0.493 e. The second-order valence-corrected chi connectivity index (χ2v) is 8.36. The Kier molecular flexibility index (Phi) is 5.31. The molecule has 3 aromatic rings. The number of ether oxygens (including phenoxy) is 3. The third-order valence-corrected chi connectivity index (χ3v) is 6.31. The second kappa shape index (κ2) is 8.15. The van der Waals surface area contributed by atoms with E-state index in [2.05, 4.69) is 0 Å². The van der Waals surface area contributed by atoms with Gasteiger partial charge in [-0.25, -0.2) is 0 Å². The van der Waals surface area contributed by atoms with Crippen LogP contribution in [0, 0.1) is 0 Å². The van der Waals surface area contributed by atoms with E-state index in [9.17, 15) is 9.59 Å². The zero-order valence-electron chi connectivity index (χ0n) is 17.7. The van der Waals surface area contributed by atoms with Gasteiger partial charge in [0.15, 0.2) is 16.9 Å². The quantitative estimate of drug-likeness (QED) is 0.574. The first kappa shape index (κ1) is 20.8. The van der Waals surface area contributed by atoms with Gasteiger partial charge in [0, 0.05) is 18.2 Å². The molecule has 166 valence electrons. The number of hydrogen-bond acceptors (Lipinski definition) is 6. The highest BCUT2D eigenvalue weighted by atomic mass is 35.5. The summed E-state index contributed by atoms with van der Waals surface area (Å²) in [5, 5.41) is 0.765. The smallest absolute Gasteiger partial charge is 0.291 e. The minimum absolute atomic E-state index is 0.0580. The molecule has 0 radical (unpaired) electrons. The lowest BCUT2D eigenvalue weighted by molar-refractivity contribution is 0.0486. The van der Waals surface area contributed by atoms with Gasteiger partial charge >= 0.3 is 0 Å². The summed E-state index contributed by atoms with van der Waals surface area (Å²) < 4.78 is 22.6. The SMILES string of the molecule is COc1ccc([C@@H]2c3c(oc4ccc(Cl)cc4c3=O)C(=O)N2C[C@@H]2CCCO2)cc1OC. The fourth-order valence-electron chi connectivity index (χ4n) is 4.56. The Labute approximate surface area is 189 Å². The van der Waals surface area contributed by atoms with Crippen LogP contribution in [0.2, 0.25) is 5.02 Å². The van der Waals surface area contributed by atoms with Crippen molar-refractivity contribution in [2.75, 3.05) is 27.4 Å². The van der Waals surface area contributed by atoms with E-state index in [-0.39, 0.29) is 23.2 Å². The molecule has 5 rings (SSSR count). The summed E-state index contributed by atoms with van der Waals surface area (Å²) >= 11 is 6.13. The number of rotatable bonds is 5. The molecule has 7 nitrogen and oxygen atoms in total. The molecule has 0 aliphatic carbocycles. The van der Waals surface area contributed by atoms with Gasteiger partial charge in [0.05, 0.1) is 37.3 Å². The standard InChI is InChI=1S/C24H22ClNO6/c1-29-18-7-5-13(10-19(18)30-2)21-20-22(27)16-11-14(25)6-8-17(16)32-23(20)24(28)26(21)12-15-4-3-9-31-15/h5-8,10-11,15,21H,3-4,9,12H2,1-2H3/t15-,21+/m0/s1. The molecule has 1 aromatic heterocycles. The average molecular weight is 456 g/mol. The maximum absolute atomic E-state index is 13.6. The highest BCUT2D eigenvalue weighted by molar-refractivity contribution is 6.31. The van der Waals surface area contributed by atoms with Crippen molar-refractivity contribution >= 4 is 28.5 Å². The van der Waals surface area contributed by atoms with Crippen molar-refractivity contribution in [3.8, 4) is 11.5 Å². The number of halogens is 1. The Balaban J connectivity index is 1.71. The molecule has 2 aliphatic rings. The summed E-state index contributed by atoms with van der Waals surface area (Å²) in [6.45, 7) is 1.03. The molecule has 0 bridgehead atoms. The Bertz CT molecular complexity index is 1260. The summed E-state index contributed by atoms with van der Waals surface area (Å²) in [6, 6.07) is 9.56.